The van der Waals surface area contributed by atoms with Gasteiger partial charge in [0.15, 0.2) is 6.61 Å². The average Bonchev–Trinajstić information content (AvgIpc) is 2.75. The van der Waals surface area contributed by atoms with Gasteiger partial charge in [0.1, 0.15) is 23.2 Å². The summed E-state index contributed by atoms with van der Waals surface area (Å²) in [6.07, 6.45) is -0.285. The van der Waals surface area contributed by atoms with Gasteiger partial charge in [-0.2, -0.15) is 0 Å². The molecular weight excluding hydrogens is 431 g/mol. The molecule has 0 bridgehead atoms. The molecular formula is C26H26F3NO3. The van der Waals surface area contributed by atoms with Crippen LogP contribution in [0.1, 0.15) is 25.0 Å². The molecule has 0 N–H and O–H groups in total. The van der Waals surface area contributed by atoms with Gasteiger partial charge in [-0.3, -0.25) is 0 Å². The minimum absolute atomic E-state index is 0.106. The van der Waals surface area contributed by atoms with E-state index >= 15 is 4.39 Å². The Bertz CT molecular complexity index is 1180. The molecule has 0 spiro atoms. The van der Waals surface area contributed by atoms with Crippen LogP contribution in [0.4, 0.5) is 24.5 Å². The van der Waals surface area contributed by atoms with Crippen molar-refractivity contribution >= 4 is 17.3 Å². The third-order valence-corrected chi connectivity index (χ3v) is 5.14. The average molecular weight is 457 g/mol. The number of anilines is 2. The molecule has 0 saturated heterocycles. The molecule has 0 radical (unpaired) electrons. The van der Waals surface area contributed by atoms with E-state index < -0.39 is 23.4 Å². The normalized spacial score (nSPS) is 10.9. The molecule has 0 aliphatic rings. The molecule has 7 heteroatoms. The van der Waals surface area contributed by atoms with Crippen LogP contribution >= 0.6 is 0 Å². The van der Waals surface area contributed by atoms with Crippen molar-refractivity contribution in [2.45, 2.75) is 33.8 Å². The lowest BCUT2D eigenvalue weighted by molar-refractivity contribution is -0.149. The van der Waals surface area contributed by atoms with Crippen LogP contribution in [0.25, 0.3) is 11.1 Å². The molecule has 0 amide bonds. The van der Waals surface area contributed by atoms with Crippen LogP contribution in [0.5, 0.6) is 5.75 Å². The summed E-state index contributed by atoms with van der Waals surface area (Å²) >= 11 is 0. The number of rotatable bonds is 7. The fraction of sp³-hybridized carbons (Fsp3) is 0.269. The Morgan fingerprint density at radius 1 is 1.00 bits per heavy atom. The fourth-order valence-electron chi connectivity index (χ4n) is 3.56. The lowest BCUT2D eigenvalue weighted by Crippen LogP contribution is -2.20. The van der Waals surface area contributed by atoms with Gasteiger partial charge < -0.3 is 14.4 Å². The molecule has 33 heavy (non-hydrogen) atoms. The predicted molar refractivity (Wildman–Crippen MR) is 122 cm³/mol. The minimum Gasteiger partial charge on any atom is -0.482 e. The Balaban J connectivity index is 2.00. The number of carbonyl (C=O) groups is 1. The van der Waals surface area contributed by atoms with Gasteiger partial charge in [0, 0.05) is 12.6 Å². The first-order chi connectivity index (χ1) is 15.6. The Morgan fingerprint density at radius 3 is 2.36 bits per heavy atom. The second-order valence-corrected chi connectivity index (χ2v) is 8.04. The van der Waals surface area contributed by atoms with Crippen LogP contribution in [0.3, 0.4) is 0 Å². The number of carbonyl (C=O) groups excluding carboxylic acids is 1. The second-order valence-electron chi connectivity index (χ2n) is 8.04. The largest absolute Gasteiger partial charge is 0.482 e. The van der Waals surface area contributed by atoms with Crippen molar-refractivity contribution in [2.24, 2.45) is 0 Å². The summed E-state index contributed by atoms with van der Waals surface area (Å²) in [4.78, 5) is 13.2. The lowest BCUT2D eigenvalue weighted by Gasteiger charge is -2.25. The van der Waals surface area contributed by atoms with Crippen LogP contribution in [0, 0.1) is 31.3 Å². The van der Waals surface area contributed by atoms with E-state index in [4.69, 9.17) is 9.47 Å². The molecule has 174 valence electrons. The van der Waals surface area contributed by atoms with Gasteiger partial charge in [-0.1, -0.05) is 18.2 Å². The van der Waals surface area contributed by atoms with Crippen molar-refractivity contribution in [1.82, 2.24) is 0 Å². The summed E-state index contributed by atoms with van der Waals surface area (Å²) < 4.78 is 54.3. The first kappa shape index (κ1) is 24.2. The Labute approximate surface area is 191 Å². The first-order valence-electron chi connectivity index (χ1n) is 10.5. The predicted octanol–water partition coefficient (Wildman–Crippen LogP) is 6.49. The molecule has 3 rings (SSSR count). The minimum atomic E-state index is -0.569. The molecule has 0 aromatic heterocycles. The van der Waals surface area contributed by atoms with Gasteiger partial charge in [0.05, 0.1) is 17.5 Å². The molecule has 0 fully saturated rings. The number of benzene rings is 3. The standard InChI is InChI=1S/C26H26F3NO3/c1-15(2)33-24(31)14-32-23-11-16(3)25(29)26(17(23)4)30(5)22-13-19(9-10-21(22)28)18-7-6-8-20(27)12-18/h6-13,15H,14H2,1-5H3. The Morgan fingerprint density at radius 2 is 1.70 bits per heavy atom. The van der Waals surface area contributed by atoms with Gasteiger partial charge in [-0.25, -0.2) is 18.0 Å². The number of ether oxygens (including phenoxy) is 2. The number of nitrogens with zero attached hydrogens (tertiary/aromatic N) is 1. The van der Waals surface area contributed by atoms with E-state index in [2.05, 4.69) is 0 Å². The van der Waals surface area contributed by atoms with Crippen LogP contribution in [-0.4, -0.2) is 25.7 Å². The van der Waals surface area contributed by atoms with Gasteiger partial charge >= 0.3 is 5.97 Å². The highest BCUT2D eigenvalue weighted by Gasteiger charge is 2.22. The third kappa shape index (κ3) is 5.48. The topological polar surface area (TPSA) is 38.8 Å². The lowest BCUT2D eigenvalue weighted by atomic mass is 10.0. The monoisotopic (exact) mass is 457 g/mol. The highest BCUT2D eigenvalue weighted by Crippen LogP contribution is 2.39. The first-order valence-corrected chi connectivity index (χ1v) is 10.5. The summed E-state index contributed by atoms with van der Waals surface area (Å²) in [7, 11) is 1.54. The van der Waals surface area contributed by atoms with E-state index in [1.165, 1.54) is 48.3 Å². The van der Waals surface area contributed by atoms with E-state index in [-0.39, 0.29) is 35.4 Å². The zero-order valence-corrected chi connectivity index (χ0v) is 19.2. The van der Waals surface area contributed by atoms with Gasteiger partial charge in [0.25, 0.3) is 0 Å². The summed E-state index contributed by atoms with van der Waals surface area (Å²) in [5.41, 5.74) is 2.03. The molecule has 0 aliphatic heterocycles. The van der Waals surface area contributed by atoms with Crippen LogP contribution in [0.15, 0.2) is 48.5 Å². The van der Waals surface area contributed by atoms with Crippen molar-refractivity contribution in [3.05, 3.63) is 77.1 Å². The molecule has 0 atom stereocenters. The number of hydrogen-bond acceptors (Lipinski definition) is 4. The SMILES string of the molecule is Cc1cc(OCC(=O)OC(C)C)c(C)c(N(C)c2cc(-c3cccc(F)c3)ccc2F)c1F. The number of hydrogen-bond donors (Lipinski definition) is 0. The molecule has 0 saturated carbocycles. The van der Waals surface area contributed by atoms with Crippen molar-refractivity contribution < 1.29 is 27.4 Å². The van der Waals surface area contributed by atoms with Crippen LogP contribution < -0.4 is 9.64 Å². The second kappa shape index (κ2) is 9.98. The fourth-order valence-corrected chi connectivity index (χ4v) is 3.56. The van der Waals surface area contributed by atoms with Gasteiger partial charge in [-0.15, -0.1) is 0 Å². The van der Waals surface area contributed by atoms with E-state index in [0.717, 1.165) is 0 Å². The zero-order valence-electron chi connectivity index (χ0n) is 19.2. The van der Waals surface area contributed by atoms with E-state index in [1.54, 1.807) is 39.8 Å². The van der Waals surface area contributed by atoms with Gasteiger partial charge in [0.2, 0.25) is 0 Å². The summed E-state index contributed by atoms with van der Waals surface area (Å²) in [6.45, 7) is 6.31. The van der Waals surface area contributed by atoms with Crippen molar-refractivity contribution in [2.75, 3.05) is 18.6 Å². The van der Waals surface area contributed by atoms with Gasteiger partial charge in [-0.05, 0) is 74.7 Å². The van der Waals surface area contributed by atoms with Crippen molar-refractivity contribution in [3.8, 4) is 16.9 Å². The smallest absolute Gasteiger partial charge is 0.344 e. The van der Waals surface area contributed by atoms with Crippen molar-refractivity contribution in [3.63, 3.8) is 0 Å². The summed E-state index contributed by atoms with van der Waals surface area (Å²) in [6, 6.07) is 11.8. The molecule has 0 unspecified atom stereocenters. The van der Waals surface area contributed by atoms with E-state index in [0.29, 0.717) is 16.7 Å². The molecule has 3 aromatic rings. The number of aryl methyl sites for hydroxylation is 1. The highest BCUT2D eigenvalue weighted by atomic mass is 19.1. The quantitative estimate of drug-likeness (QED) is 0.381. The number of esters is 1. The maximum Gasteiger partial charge on any atom is 0.344 e. The van der Waals surface area contributed by atoms with E-state index in [1.807, 2.05) is 0 Å². The maximum absolute atomic E-state index is 15.2. The van der Waals surface area contributed by atoms with E-state index in [9.17, 15) is 13.6 Å². The molecule has 0 aliphatic carbocycles. The maximum atomic E-state index is 15.2. The summed E-state index contributed by atoms with van der Waals surface area (Å²) in [5, 5.41) is 0. The molecule has 4 nitrogen and oxygen atoms in total. The van der Waals surface area contributed by atoms with Crippen LogP contribution in [-0.2, 0) is 9.53 Å². The Kier molecular flexibility index (Phi) is 7.31. The highest BCUT2D eigenvalue weighted by molar-refractivity contribution is 5.76. The zero-order chi connectivity index (χ0) is 24.3. The number of halogens is 3. The Hall–Kier alpha value is -3.48. The molecule has 3 aromatic carbocycles. The van der Waals surface area contributed by atoms with Crippen molar-refractivity contribution in [1.29, 1.82) is 0 Å². The summed E-state index contributed by atoms with van der Waals surface area (Å²) in [5.74, 6) is -1.78. The third-order valence-electron chi connectivity index (χ3n) is 5.14. The molecule has 0 heterocycles. The van der Waals surface area contributed by atoms with Crippen LogP contribution in [0.2, 0.25) is 0 Å².